The molecular weight excluding hydrogens is 921 g/mol. The fourth-order valence-electron chi connectivity index (χ4n) is 12.3. The topological polar surface area (TPSA) is 26.3 Å². The van der Waals surface area contributed by atoms with Gasteiger partial charge in [0.25, 0.3) is 0 Å². The standard InChI is InChI=1S/C74H52O2/c1-5-17-45(3)49-39-50(46(4)18-6-2)41-53(40-49)55-31-35-67-71-59(55)23-13-27-63(71)65-29-15-25-61-57(33-37-69(75-67)73(61)65)58-34-38-70-74-62(58)26-16-30-66(74)64-28-14-24-60-56(32-36-68(76-70)72(60)64)54-43-51(47-19-9-7-10-20-47)42-52(44-54)48-21-11-8-12-22-48/h5-44,46H,1H2,2-4H3. The molecule has 0 aliphatic heterocycles. The third-order valence-electron chi connectivity index (χ3n) is 15.9. The Bertz CT molecular complexity index is 4680. The molecule has 14 rings (SSSR count). The van der Waals surface area contributed by atoms with E-state index in [4.69, 9.17) is 8.83 Å². The second-order valence-electron chi connectivity index (χ2n) is 20.3. The van der Waals surface area contributed by atoms with Crippen LogP contribution in [0.2, 0.25) is 0 Å². The molecule has 1 unspecified atom stereocenters. The van der Waals surface area contributed by atoms with Gasteiger partial charge < -0.3 is 8.83 Å². The van der Waals surface area contributed by atoms with E-state index in [1.165, 1.54) is 55.6 Å². The molecule has 0 spiro atoms. The van der Waals surface area contributed by atoms with E-state index in [-0.39, 0.29) is 5.92 Å². The van der Waals surface area contributed by atoms with E-state index in [1.54, 1.807) is 0 Å². The molecule has 0 N–H and O–H groups in total. The Hall–Kier alpha value is -9.50. The Morgan fingerprint density at radius 2 is 0.763 bits per heavy atom. The van der Waals surface area contributed by atoms with Crippen LogP contribution in [0.5, 0.6) is 0 Å². The number of hydrogen-bond acceptors (Lipinski definition) is 2. The number of rotatable bonds is 9. The largest absolute Gasteiger partial charge is 0.456 e. The van der Waals surface area contributed by atoms with E-state index >= 15 is 0 Å². The first kappa shape index (κ1) is 45.1. The van der Waals surface area contributed by atoms with Gasteiger partial charge in [0.2, 0.25) is 0 Å². The summed E-state index contributed by atoms with van der Waals surface area (Å²) in [5.74, 6) is 0.260. The lowest BCUT2D eigenvalue weighted by Crippen LogP contribution is -1.94. The van der Waals surface area contributed by atoms with Crippen molar-refractivity contribution in [3.63, 3.8) is 0 Å². The first-order valence-corrected chi connectivity index (χ1v) is 26.4. The normalized spacial score (nSPS) is 12.7. The lowest BCUT2D eigenvalue weighted by Gasteiger charge is -2.15. The van der Waals surface area contributed by atoms with Gasteiger partial charge in [0.1, 0.15) is 22.3 Å². The van der Waals surface area contributed by atoms with Crippen molar-refractivity contribution in [2.75, 3.05) is 0 Å². The van der Waals surface area contributed by atoms with E-state index in [2.05, 4.69) is 264 Å². The van der Waals surface area contributed by atoms with Gasteiger partial charge in [-0.2, -0.15) is 0 Å². The van der Waals surface area contributed by atoms with Crippen molar-refractivity contribution in [1.82, 2.24) is 0 Å². The third-order valence-corrected chi connectivity index (χ3v) is 15.9. The van der Waals surface area contributed by atoms with Crippen LogP contribution in [-0.4, -0.2) is 0 Å². The zero-order valence-electron chi connectivity index (χ0n) is 42.7. The fourth-order valence-corrected chi connectivity index (χ4v) is 12.3. The van der Waals surface area contributed by atoms with Crippen LogP contribution in [-0.2, 0) is 0 Å². The maximum Gasteiger partial charge on any atom is 0.135 e. The Kier molecular flexibility index (Phi) is 10.8. The van der Waals surface area contributed by atoms with E-state index in [9.17, 15) is 0 Å². The Morgan fingerprint density at radius 1 is 0.382 bits per heavy atom. The maximum absolute atomic E-state index is 7.12. The smallest absolute Gasteiger partial charge is 0.135 e. The van der Waals surface area contributed by atoms with Gasteiger partial charge in [-0.25, -0.2) is 0 Å². The van der Waals surface area contributed by atoms with E-state index in [0.717, 1.165) is 104 Å². The average molecular weight is 973 g/mol. The van der Waals surface area contributed by atoms with Crippen LogP contribution in [0, 0.1) is 0 Å². The Labute approximate surface area is 441 Å². The quantitative estimate of drug-likeness (QED) is 0.106. The summed E-state index contributed by atoms with van der Waals surface area (Å²) in [6.07, 6.45) is 8.37. The van der Waals surface area contributed by atoms with Crippen molar-refractivity contribution in [3.05, 3.63) is 260 Å². The summed E-state index contributed by atoms with van der Waals surface area (Å²) in [7, 11) is 0. The molecule has 0 amide bonds. The van der Waals surface area contributed by atoms with Gasteiger partial charge in [-0.05, 0) is 184 Å². The van der Waals surface area contributed by atoms with Crippen molar-refractivity contribution < 1.29 is 8.83 Å². The van der Waals surface area contributed by atoms with Crippen LogP contribution in [0.25, 0.3) is 148 Å². The highest BCUT2D eigenvalue weighted by molar-refractivity contribution is 6.29. The molecule has 360 valence electrons. The van der Waals surface area contributed by atoms with Crippen LogP contribution in [0.3, 0.4) is 0 Å². The minimum absolute atomic E-state index is 0.260. The molecule has 76 heavy (non-hydrogen) atoms. The van der Waals surface area contributed by atoms with Gasteiger partial charge in [-0.1, -0.05) is 208 Å². The highest BCUT2D eigenvalue weighted by Gasteiger charge is 2.21. The number of hydrogen-bond donors (Lipinski definition) is 0. The summed E-state index contributed by atoms with van der Waals surface area (Å²) in [6.45, 7) is 10.5. The Morgan fingerprint density at radius 3 is 1.18 bits per heavy atom. The van der Waals surface area contributed by atoms with E-state index < -0.39 is 0 Å². The first-order chi connectivity index (χ1) is 37.4. The lowest BCUT2D eigenvalue weighted by molar-refractivity contribution is 0.663. The van der Waals surface area contributed by atoms with Gasteiger partial charge in [0, 0.05) is 21.5 Å². The minimum atomic E-state index is 0.260. The van der Waals surface area contributed by atoms with Gasteiger partial charge in [0.05, 0.1) is 0 Å². The number of allylic oxidation sites excluding steroid dienone is 5. The molecule has 0 bridgehead atoms. The second-order valence-corrected chi connectivity index (χ2v) is 20.3. The molecule has 2 heteroatoms. The van der Waals surface area contributed by atoms with Gasteiger partial charge in [-0.3, -0.25) is 0 Å². The van der Waals surface area contributed by atoms with Crippen LogP contribution < -0.4 is 0 Å². The lowest BCUT2D eigenvalue weighted by atomic mass is 9.88. The summed E-state index contributed by atoms with van der Waals surface area (Å²) in [4.78, 5) is 0. The van der Waals surface area contributed by atoms with Gasteiger partial charge in [0.15, 0.2) is 0 Å². The van der Waals surface area contributed by atoms with Gasteiger partial charge in [-0.15, -0.1) is 0 Å². The van der Waals surface area contributed by atoms with Crippen LogP contribution in [0.1, 0.15) is 37.8 Å². The first-order valence-electron chi connectivity index (χ1n) is 26.4. The summed E-state index contributed by atoms with van der Waals surface area (Å²) >= 11 is 0. The van der Waals surface area contributed by atoms with E-state index in [0.29, 0.717) is 0 Å². The number of benzene rings is 12. The summed E-state index contributed by atoms with van der Waals surface area (Å²) in [6, 6.07) is 79.9. The van der Waals surface area contributed by atoms with Crippen molar-refractivity contribution in [3.8, 4) is 55.6 Å². The molecule has 0 saturated heterocycles. The maximum atomic E-state index is 7.12. The zero-order valence-corrected chi connectivity index (χ0v) is 42.7. The predicted molar refractivity (Wildman–Crippen MR) is 325 cm³/mol. The molecule has 0 aliphatic carbocycles. The molecule has 14 aromatic rings. The molecule has 2 aromatic heterocycles. The fraction of sp³-hybridized carbons (Fsp3) is 0.0541. The zero-order chi connectivity index (χ0) is 51.0. The van der Waals surface area contributed by atoms with Gasteiger partial charge >= 0.3 is 0 Å². The molecule has 2 heterocycles. The molecule has 2 nitrogen and oxygen atoms in total. The highest BCUT2D eigenvalue weighted by Crippen LogP contribution is 2.47. The molecule has 12 aromatic carbocycles. The predicted octanol–water partition coefficient (Wildman–Crippen LogP) is 21.7. The SMILES string of the molecule is C=CC=C(C)c1cc(-c2ccc3oc4ccc(-c5ccc6oc7ccc(-c8cc(-c9ccccc9)cc(-c9ccccc9)c8)c8cccc(c9cccc5c69)c78)c5cccc(c6cccc2c36)c45)cc(C(C)C=CC)c1. The van der Waals surface area contributed by atoms with Crippen LogP contribution in [0.15, 0.2) is 258 Å². The molecule has 1 atom stereocenters. The van der Waals surface area contributed by atoms with Crippen molar-refractivity contribution in [2.24, 2.45) is 0 Å². The van der Waals surface area contributed by atoms with Crippen molar-refractivity contribution in [1.29, 1.82) is 0 Å². The van der Waals surface area contributed by atoms with Crippen LogP contribution >= 0.6 is 0 Å². The number of fused-ring (bicyclic) bond motifs is 2. The van der Waals surface area contributed by atoms with Crippen LogP contribution in [0.4, 0.5) is 0 Å². The molecular formula is C74H52O2. The summed E-state index contributed by atoms with van der Waals surface area (Å²) < 4.78 is 14.2. The highest BCUT2D eigenvalue weighted by atomic mass is 16.3. The molecule has 0 saturated carbocycles. The molecule has 0 radical (unpaired) electrons. The Balaban J connectivity index is 0.958. The average Bonchev–Trinajstić information content (AvgIpc) is 3.71. The summed E-state index contributed by atoms with van der Waals surface area (Å²) in [5.41, 5.74) is 18.8. The minimum Gasteiger partial charge on any atom is -0.456 e. The summed E-state index contributed by atoms with van der Waals surface area (Å²) in [5, 5.41) is 13.6. The third kappa shape index (κ3) is 7.32. The molecule has 0 fully saturated rings. The van der Waals surface area contributed by atoms with Crippen molar-refractivity contribution in [2.45, 2.75) is 26.7 Å². The van der Waals surface area contributed by atoms with E-state index in [1.807, 2.05) is 6.08 Å². The second kappa shape index (κ2) is 18.2. The monoisotopic (exact) mass is 972 g/mol. The van der Waals surface area contributed by atoms with Crippen molar-refractivity contribution >= 4 is 92.5 Å². The molecule has 0 aliphatic rings.